The second-order valence-corrected chi connectivity index (χ2v) is 5.34. The highest BCUT2D eigenvalue weighted by atomic mass is 35.5. The van der Waals surface area contributed by atoms with Gasteiger partial charge in [-0.2, -0.15) is 5.10 Å². The molecule has 1 aromatic carbocycles. The predicted molar refractivity (Wildman–Crippen MR) is 84.0 cm³/mol. The number of benzene rings is 1. The van der Waals surface area contributed by atoms with E-state index in [0.717, 1.165) is 11.3 Å². The van der Waals surface area contributed by atoms with Crippen LogP contribution in [0.15, 0.2) is 42.7 Å². The van der Waals surface area contributed by atoms with Crippen LogP contribution in [0, 0.1) is 0 Å². The zero-order chi connectivity index (χ0) is 15.6. The largest absolute Gasteiger partial charge is 0.351 e. The second-order valence-electron chi connectivity index (χ2n) is 5.34. The normalized spacial score (nSPS) is 19.1. The van der Waals surface area contributed by atoms with Gasteiger partial charge in [0.15, 0.2) is 0 Å². The number of hydrogen-bond donors (Lipinski definition) is 2. The van der Waals surface area contributed by atoms with Crippen molar-refractivity contribution in [3.63, 3.8) is 0 Å². The Morgan fingerprint density at radius 1 is 1.39 bits per heavy atom. The molecule has 0 saturated carbocycles. The molecule has 124 valence electrons. The maximum atomic E-state index is 13.1. The third-order valence-corrected chi connectivity index (χ3v) is 3.55. The molecule has 1 amide bonds. The van der Waals surface area contributed by atoms with Gasteiger partial charge in [0.2, 0.25) is 5.91 Å². The summed E-state index contributed by atoms with van der Waals surface area (Å²) in [6, 6.07) is 8.73. The van der Waals surface area contributed by atoms with Gasteiger partial charge in [-0.25, -0.2) is 13.5 Å². The van der Waals surface area contributed by atoms with Crippen molar-refractivity contribution in [2.24, 2.45) is 0 Å². The van der Waals surface area contributed by atoms with Gasteiger partial charge in [-0.05, 0) is 12.1 Å². The van der Waals surface area contributed by atoms with E-state index in [0.29, 0.717) is 0 Å². The summed E-state index contributed by atoms with van der Waals surface area (Å²) in [5.41, 5.74) is 1.72. The lowest BCUT2D eigenvalue weighted by molar-refractivity contribution is -0.123. The Kier molecular flexibility index (Phi) is 5.33. The van der Waals surface area contributed by atoms with Crippen LogP contribution >= 0.6 is 12.4 Å². The van der Waals surface area contributed by atoms with Crippen LogP contribution in [0.25, 0.3) is 5.69 Å². The van der Waals surface area contributed by atoms with Gasteiger partial charge in [0.05, 0.1) is 24.5 Å². The van der Waals surface area contributed by atoms with Crippen molar-refractivity contribution in [1.29, 1.82) is 0 Å². The fraction of sp³-hybridized carbons (Fsp3) is 0.333. The molecule has 3 rings (SSSR count). The van der Waals surface area contributed by atoms with E-state index in [1.165, 1.54) is 0 Å². The van der Waals surface area contributed by atoms with Crippen molar-refractivity contribution >= 4 is 18.3 Å². The van der Waals surface area contributed by atoms with Crippen molar-refractivity contribution in [2.45, 2.75) is 24.9 Å². The molecule has 0 aliphatic carbocycles. The van der Waals surface area contributed by atoms with E-state index < -0.39 is 30.8 Å². The van der Waals surface area contributed by atoms with Gasteiger partial charge in [-0.3, -0.25) is 10.1 Å². The summed E-state index contributed by atoms with van der Waals surface area (Å²) in [6.45, 7) is -0.188. The van der Waals surface area contributed by atoms with Crippen molar-refractivity contribution in [3.8, 4) is 5.69 Å². The van der Waals surface area contributed by atoms with E-state index in [-0.39, 0.29) is 19.0 Å². The molecule has 1 atom stereocenters. The molecule has 8 heteroatoms. The monoisotopic (exact) mass is 342 g/mol. The first-order valence-electron chi connectivity index (χ1n) is 7.01. The van der Waals surface area contributed by atoms with Crippen LogP contribution in [-0.4, -0.2) is 34.2 Å². The summed E-state index contributed by atoms with van der Waals surface area (Å²) in [6.07, 6.45) is 2.98. The van der Waals surface area contributed by atoms with Crippen LogP contribution in [-0.2, 0) is 11.3 Å². The quantitative estimate of drug-likeness (QED) is 0.892. The first-order chi connectivity index (χ1) is 10.5. The zero-order valence-corrected chi connectivity index (χ0v) is 13.0. The SMILES string of the molecule is Cl.O=C(NCc1cnn(-c2ccccc2)c1)C1CC(F)(F)CN1. The van der Waals surface area contributed by atoms with Crippen molar-refractivity contribution in [2.75, 3.05) is 6.54 Å². The highest BCUT2D eigenvalue weighted by molar-refractivity contribution is 5.85. The third kappa shape index (κ3) is 4.27. The molecule has 1 aliphatic heterocycles. The van der Waals surface area contributed by atoms with Gasteiger partial charge in [0, 0.05) is 24.7 Å². The molecule has 23 heavy (non-hydrogen) atoms. The maximum absolute atomic E-state index is 13.1. The van der Waals surface area contributed by atoms with Gasteiger partial charge in [-0.15, -0.1) is 12.4 Å². The molecule has 2 N–H and O–H groups in total. The molecule has 1 aliphatic rings. The average Bonchev–Trinajstić information content (AvgIpc) is 3.12. The minimum absolute atomic E-state index is 0. The van der Waals surface area contributed by atoms with E-state index >= 15 is 0 Å². The maximum Gasteiger partial charge on any atom is 0.262 e. The fourth-order valence-corrected chi connectivity index (χ4v) is 2.39. The van der Waals surface area contributed by atoms with Crippen LogP contribution in [0.1, 0.15) is 12.0 Å². The molecule has 2 heterocycles. The van der Waals surface area contributed by atoms with E-state index in [9.17, 15) is 13.6 Å². The van der Waals surface area contributed by atoms with E-state index in [2.05, 4.69) is 15.7 Å². The Balaban J connectivity index is 0.00000192. The lowest BCUT2D eigenvalue weighted by Crippen LogP contribution is -2.39. The molecule has 1 unspecified atom stereocenters. The van der Waals surface area contributed by atoms with Gasteiger partial charge in [0.25, 0.3) is 5.92 Å². The highest BCUT2D eigenvalue weighted by Crippen LogP contribution is 2.25. The summed E-state index contributed by atoms with van der Waals surface area (Å²) >= 11 is 0. The van der Waals surface area contributed by atoms with E-state index in [1.807, 2.05) is 30.3 Å². The summed E-state index contributed by atoms with van der Waals surface area (Å²) in [5.74, 6) is -3.22. The Morgan fingerprint density at radius 3 is 2.78 bits per heavy atom. The average molecular weight is 343 g/mol. The predicted octanol–water partition coefficient (Wildman–Crippen LogP) is 1.91. The van der Waals surface area contributed by atoms with Crippen LogP contribution < -0.4 is 10.6 Å². The number of hydrogen-bond acceptors (Lipinski definition) is 3. The Labute approximate surface area is 138 Å². The molecule has 2 aromatic rings. The smallest absolute Gasteiger partial charge is 0.262 e. The van der Waals surface area contributed by atoms with Gasteiger partial charge < -0.3 is 5.32 Å². The van der Waals surface area contributed by atoms with Crippen LogP contribution in [0.4, 0.5) is 8.78 Å². The number of rotatable bonds is 4. The number of para-hydroxylation sites is 1. The van der Waals surface area contributed by atoms with E-state index in [4.69, 9.17) is 0 Å². The molecule has 5 nitrogen and oxygen atoms in total. The zero-order valence-electron chi connectivity index (χ0n) is 12.2. The Morgan fingerprint density at radius 2 is 2.13 bits per heavy atom. The number of amides is 1. The Bertz CT molecular complexity index is 663. The number of carbonyl (C=O) groups excluding carboxylic acids is 1. The molecular formula is C15H17ClF2N4O. The number of carbonyl (C=O) groups is 1. The van der Waals surface area contributed by atoms with Gasteiger partial charge in [-0.1, -0.05) is 18.2 Å². The number of nitrogens with one attached hydrogen (secondary N) is 2. The molecule has 0 radical (unpaired) electrons. The fourth-order valence-electron chi connectivity index (χ4n) is 2.39. The number of alkyl halides is 2. The molecule has 1 aromatic heterocycles. The first kappa shape index (κ1) is 17.4. The molecule has 1 saturated heterocycles. The summed E-state index contributed by atoms with van der Waals surface area (Å²) in [5, 5.41) is 9.40. The van der Waals surface area contributed by atoms with Crippen LogP contribution in [0.3, 0.4) is 0 Å². The molecule has 1 fully saturated rings. The highest BCUT2D eigenvalue weighted by Gasteiger charge is 2.42. The number of nitrogens with zero attached hydrogens (tertiary/aromatic N) is 2. The minimum atomic E-state index is -2.81. The van der Waals surface area contributed by atoms with Crippen molar-refractivity contribution in [1.82, 2.24) is 20.4 Å². The molecule has 0 spiro atoms. The van der Waals surface area contributed by atoms with Crippen molar-refractivity contribution < 1.29 is 13.6 Å². The van der Waals surface area contributed by atoms with Crippen LogP contribution in [0.2, 0.25) is 0 Å². The molecule has 0 bridgehead atoms. The summed E-state index contributed by atoms with van der Waals surface area (Å²) in [7, 11) is 0. The Hall–Kier alpha value is -1.99. The van der Waals surface area contributed by atoms with Gasteiger partial charge in [0.1, 0.15) is 0 Å². The third-order valence-electron chi connectivity index (χ3n) is 3.55. The second kappa shape index (κ2) is 7.06. The summed E-state index contributed by atoms with van der Waals surface area (Å²) < 4.78 is 27.8. The van der Waals surface area contributed by atoms with Crippen molar-refractivity contribution in [3.05, 3.63) is 48.3 Å². The van der Waals surface area contributed by atoms with Crippen LogP contribution in [0.5, 0.6) is 0 Å². The summed E-state index contributed by atoms with van der Waals surface area (Å²) in [4.78, 5) is 11.8. The number of halogens is 3. The lowest BCUT2D eigenvalue weighted by Gasteiger charge is -2.10. The lowest BCUT2D eigenvalue weighted by atomic mass is 10.2. The topological polar surface area (TPSA) is 59.0 Å². The number of aromatic nitrogens is 2. The first-order valence-corrected chi connectivity index (χ1v) is 7.01. The van der Waals surface area contributed by atoms with Gasteiger partial charge >= 0.3 is 0 Å². The van der Waals surface area contributed by atoms with E-state index in [1.54, 1.807) is 17.1 Å². The molecular weight excluding hydrogens is 326 g/mol. The standard InChI is InChI=1S/C15H16F2N4O.ClH/c16-15(17)6-13(19-10-15)14(22)18-7-11-8-20-21(9-11)12-4-2-1-3-5-12;/h1-5,8-9,13,19H,6-7,10H2,(H,18,22);1H. The minimum Gasteiger partial charge on any atom is -0.351 e.